The van der Waals surface area contributed by atoms with Gasteiger partial charge in [-0.1, -0.05) is 6.92 Å². The van der Waals surface area contributed by atoms with E-state index < -0.39 is 5.82 Å². The number of pyridine rings is 1. The summed E-state index contributed by atoms with van der Waals surface area (Å²) in [5, 5.41) is 11.3. The van der Waals surface area contributed by atoms with Gasteiger partial charge in [0.2, 0.25) is 5.82 Å². The zero-order chi connectivity index (χ0) is 17.1. The van der Waals surface area contributed by atoms with Gasteiger partial charge in [-0.05, 0) is 12.5 Å². The molecule has 1 amide bonds. The Balaban J connectivity index is 1.67. The van der Waals surface area contributed by atoms with Crippen LogP contribution in [-0.2, 0) is 6.42 Å². The molecule has 3 heterocycles. The summed E-state index contributed by atoms with van der Waals surface area (Å²) in [6.45, 7) is 2.59. The van der Waals surface area contributed by atoms with E-state index in [-0.39, 0.29) is 17.9 Å². The van der Waals surface area contributed by atoms with Crippen molar-refractivity contribution in [1.29, 1.82) is 0 Å². The van der Waals surface area contributed by atoms with Gasteiger partial charge >= 0.3 is 0 Å². The lowest BCUT2D eigenvalue weighted by Crippen LogP contribution is -2.33. The molecule has 1 aliphatic rings. The molecule has 1 atom stereocenters. The van der Waals surface area contributed by atoms with Gasteiger partial charge in [0.15, 0.2) is 12.4 Å². The lowest BCUT2D eigenvalue weighted by molar-refractivity contribution is -0.605. The number of hydrogen-bond donors (Lipinski definition) is 0. The smallest absolute Gasteiger partial charge is 0.260 e. The van der Waals surface area contributed by atoms with Crippen LogP contribution in [0.2, 0.25) is 0 Å². The molecule has 1 aliphatic heterocycles. The number of rotatable bonds is 4. The summed E-state index contributed by atoms with van der Waals surface area (Å²) in [4.78, 5) is 21.7. The van der Waals surface area contributed by atoms with Gasteiger partial charge in [-0.25, -0.2) is 4.98 Å². The molecule has 0 aliphatic carbocycles. The Morgan fingerprint density at radius 3 is 3.12 bits per heavy atom. The number of likely N-dealkylation sites (tertiary alicyclic amines) is 1. The largest absolute Gasteiger partial charge is 0.619 e. The molecule has 7 nitrogen and oxygen atoms in total. The predicted molar refractivity (Wildman–Crippen MR) is 81.7 cm³/mol. The summed E-state index contributed by atoms with van der Waals surface area (Å²) in [5.41, 5.74) is 0.616. The first-order chi connectivity index (χ1) is 11.6. The Hall–Kier alpha value is -2.77. The predicted octanol–water partition coefficient (Wildman–Crippen LogP) is 1.10. The molecular formula is C16H17FN4O3. The van der Waals surface area contributed by atoms with Gasteiger partial charge in [-0.15, -0.1) is 0 Å². The summed E-state index contributed by atoms with van der Waals surface area (Å²) in [5.74, 6) is -0.887. The molecule has 2 aromatic heterocycles. The van der Waals surface area contributed by atoms with Crippen molar-refractivity contribution >= 4 is 5.91 Å². The molecule has 0 radical (unpaired) electrons. The minimum atomic E-state index is -0.555. The molecule has 24 heavy (non-hydrogen) atoms. The third kappa shape index (κ3) is 3.27. The SMILES string of the molecule is CCc1ncnc(O[C@H]2CCN(C(=O)c3ccc[n+]([O-])c3)C2)c1F. The summed E-state index contributed by atoms with van der Waals surface area (Å²) < 4.78 is 20.3. The second-order valence-corrected chi connectivity index (χ2v) is 5.53. The van der Waals surface area contributed by atoms with Gasteiger partial charge < -0.3 is 14.8 Å². The highest BCUT2D eigenvalue weighted by Gasteiger charge is 2.30. The number of amides is 1. The van der Waals surface area contributed by atoms with Gasteiger partial charge in [0, 0.05) is 19.0 Å². The van der Waals surface area contributed by atoms with Crippen LogP contribution in [0.25, 0.3) is 0 Å². The molecule has 0 saturated carbocycles. The number of carbonyl (C=O) groups excluding carboxylic acids is 1. The van der Waals surface area contributed by atoms with E-state index in [0.717, 1.165) is 0 Å². The van der Waals surface area contributed by atoms with Crippen molar-refractivity contribution in [3.05, 3.63) is 53.1 Å². The van der Waals surface area contributed by atoms with Crippen molar-refractivity contribution in [2.24, 2.45) is 0 Å². The van der Waals surface area contributed by atoms with Crippen LogP contribution in [-0.4, -0.2) is 40.0 Å². The molecule has 0 aromatic carbocycles. The fourth-order valence-electron chi connectivity index (χ4n) is 2.65. The lowest BCUT2D eigenvalue weighted by Gasteiger charge is -2.17. The molecule has 8 heteroatoms. The van der Waals surface area contributed by atoms with Crippen molar-refractivity contribution in [3.63, 3.8) is 0 Å². The number of halogens is 1. The van der Waals surface area contributed by atoms with Crippen LogP contribution >= 0.6 is 0 Å². The van der Waals surface area contributed by atoms with Crippen LogP contribution in [0.4, 0.5) is 4.39 Å². The third-order valence-electron chi connectivity index (χ3n) is 3.90. The normalized spacial score (nSPS) is 17.1. The maximum absolute atomic E-state index is 14.1. The highest BCUT2D eigenvalue weighted by atomic mass is 19.1. The van der Waals surface area contributed by atoms with E-state index >= 15 is 0 Å². The number of aromatic nitrogens is 3. The zero-order valence-corrected chi connectivity index (χ0v) is 13.2. The van der Waals surface area contributed by atoms with Gasteiger partial charge in [0.05, 0.1) is 12.2 Å². The fourth-order valence-corrected chi connectivity index (χ4v) is 2.65. The molecule has 3 rings (SSSR count). The third-order valence-corrected chi connectivity index (χ3v) is 3.90. The second kappa shape index (κ2) is 6.77. The monoisotopic (exact) mass is 332 g/mol. The molecule has 0 N–H and O–H groups in total. The average molecular weight is 332 g/mol. The Morgan fingerprint density at radius 2 is 2.38 bits per heavy atom. The lowest BCUT2D eigenvalue weighted by atomic mass is 10.2. The summed E-state index contributed by atoms with van der Waals surface area (Å²) in [6, 6.07) is 3.11. The van der Waals surface area contributed by atoms with Crippen molar-refractivity contribution in [2.75, 3.05) is 13.1 Å². The van der Waals surface area contributed by atoms with Crippen molar-refractivity contribution in [2.45, 2.75) is 25.9 Å². The van der Waals surface area contributed by atoms with Gasteiger partial charge in [0.1, 0.15) is 18.0 Å². The Bertz CT molecular complexity index is 756. The van der Waals surface area contributed by atoms with E-state index in [9.17, 15) is 14.4 Å². The maximum Gasteiger partial charge on any atom is 0.260 e. The molecule has 0 unspecified atom stereocenters. The van der Waals surface area contributed by atoms with Gasteiger partial charge in [0.25, 0.3) is 11.8 Å². The zero-order valence-electron chi connectivity index (χ0n) is 13.2. The first kappa shape index (κ1) is 16.1. The van der Waals surface area contributed by atoms with Crippen LogP contribution in [0.5, 0.6) is 5.88 Å². The minimum Gasteiger partial charge on any atom is -0.619 e. The molecule has 1 saturated heterocycles. The van der Waals surface area contributed by atoms with Crippen molar-refractivity contribution < 1.29 is 18.7 Å². The van der Waals surface area contributed by atoms with E-state index in [1.165, 1.54) is 24.8 Å². The average Bonchev–Trinajstić information content (AvgIpc) is 3.04. The first-order valence-corrected chi connectivity index (χ1v) is 7.72. The Morgan fingerprint density at radius 1 is 1.54 bits per heavy atom. The first-order valence-electron chi connectivity index (χ1n) is 7.72. The standard InChI is InChI=1S/C16H17FN4O3/c1-2-13-14(17)15(19-10-18-13)24-12-5-7-20(9-12)16(22)11-4-3-6-21(23)8-11/h3-4,6,8,10,12H,2,5,7,9H2,1H3/t12-/m0/s1. The Labute approximate surface area is 138 Å². The number of ether oxygens (including phenoxy) is 1. The summed E-state index contributed by atoms with van der Waals surface area (Å²) >= 11 is 0. The van der Waals surface area contributed by atoms with Crippen LogP contribution in [0.3, 0.4) is 0 Å². The molecule has 0 bridgehead atoms. The van der Waals surface area contributed by atoms with E-state index in [2.05, 4.69) is 9.97 Å². The molecule has 2 aromatic rings. The number of carbonyl (C=O) groups is 1. The molecular weight excluding hydrogens is 315 g/mol. The molecule has 1 fully saturated rings. The van der Waals surface area contributed by atoms with Crippen molar-refractivity contribution in [3.8, 4) is 5.88 Å². The number of aryl methyl sites for hydroxylation is 1. The highest BCUT2D eigenvalue weighted by molar-refractivity contribution is 5.93. The summed E-state index contributed by atoms with van der Waals surface area (Å²) in [7, 11) is 0. The highest BCUT2D eigenvalue weighted by Crippen LogP contribution is 2.21. The molecule has 0 spiro atoms. The van der Waals surface area contributed by atoms with E-state index in [1.807, 2.05) is 0 Å². The summed E-state index contributed by atoms with van der Waals surface area (Å²) in [6.07, 6.45) is 4.49. The second-order valence-electron chi connectivity index (χ2n) is 5.53. The molecule has 126 valence electrons. The fraction of sp³-hybridized carbons (Fsp3) is 0.375. The van der Waals surface area contributed by atoms with Crippen LogP contribution in [0, 0.1) is 11.0 Å². The number of nitrogens with zero attached hydrogens (tertiary/aromatic N) is 4. The van der Waals surface area contributed by atoms with E-state index in [1.54, 1.807) is 17.9 Å². The topological polar surface area (TPSA) is 82.3 Å². The van der Waals surface area contributed by atoms with E-state index in [4.69, 9.17) is 4.74 Å². The van der Waals surface area contributed by atoms with Crippen LogP contribution in [0.15, 0.2) is 30.9 Å². The van der Waals surface area contributed by atoms with Crippen LogP contribution in [0.1, 0.15) is 29.4 Å². The van der Waals surface area contributed by atoms with Gasteiger partial charge in [-0.2, -0.15) is 14.1 Å². The quantitative estimate of drug-likeness (QED) is 0.619. The minimum absolute atomic E-state index is 0.0849. The number of hydrogen-bond acceptors (Lipinski definition) is 5. The Kier molecular flexibility index (Phi) is 4.54. The van der Waals surface area contributed by atoms with Gasteiger partial charge in [-0.3, -0.25) is 4.79 Å². The maximum atomic E-state index is 14.1. The van der Waals surface area contributed by atoms with Crippen LogP contribution < -0.4 is 9.47 Å². The van der Waals surface area contributed by atoms with Crippen molar-refractivity contribution in [1.82, 2.24) is 14.9 Å². The van der Waals surface area contributed by atoms with E-state index in [0.29, 0.717) is 41.9 Å².